The lowest BCUT2D eigenvalue weighted by atomic mass is 10.3. The predicted molar refractivity (Wildman–Crippen MR) is 56.9 cm³/mol. The summed E-state index contributed by atoms with van der Waals surface area (Å²) in [6.07, 6.45) is 4.50. The van der Waals surface area contributed by atoms with Gasteiger partial charge in [-0.1, -0.05) is 11.8 Å². The zero-order valence-electron chi connectivity index (χ0n) is 8.02. The summed E-state index contributed by atoms with van der Waals surface area (Å²) in [4.78, 5) is 8.11. The summed E-state index contributed by atoms with van der Waals surface area (Å²) in [6, 6.07) is 1.91. The molecule has 0 radical (unpaired) electrons. The molecule has 0 bridgehead atoms. The zero-order valence-corrected chi connectivity index (χ0v) is 8.84. The van der Waals surface area contributed by atoms with Gasteiger partial charge in [0.2, 0.25) is 0 Å². The minimum atomic E-state index is -0.772. The number of rotatable bonds is 2. The Morgan fingerprint density at radius 1 is 1.19 bits per heavy atom. The van der Waals surface area contributed by atoms with Crippen LogP contribution in [0, 0.1) is 11.6 Å². The number of aromatic nitrogens is 2. The standard InChI is InChI=1S/C10H7F2N3S/c11-6-3-7(12)10(13)8(4-6)16-9-5-14-1-2-15-9/h1-5H,13H2. The molecule has 0 aliphatic rings. The Morgan fingerprint density at radius 3 is 2.69 bits per heavy atom. The van der Waals surface area contributed by atoms with Crippen molar-refractivity contribution in [1.29, 1.82) is 0 Å². The number of nitrogen functional groups attached to an aromatic ring is 1. The van der Waals surface area contributed by atoms with Gasteiger partial charge in [-0.05, 0) is 6.07 Å². The smallest absolute Gasteiger partial charge is 0.150 e. The Balaban J connectivity index is 2.35. The topological polar surface area (TPSA) is 51.8 Å². The van der Waals surface area contributed by atoms with E-state index in [0.717, 1.165) is 23.9 Å². The third-order valence-corrected chi connectivity index (χ3v) is 2.79. The van der Waals surface area contributed by atoms with E-state index in [0.29, 0.717) is 5.03 Å². The third kappa shape index (κ3) is 2.27. The Bertz CT molecular complexity index is 505. The Hall–Kier alpha value is -1.69. The molecule has 0 saturated carbocycles. The van der Waals surface area contributed by atoms with Gasteiger partial charge < -0.3 is 5.73 Å². The number of nitrogens with two attached hydrogens (primary N) is 1. The van der Waals surface area contributed by atoms with Gasteiger partial charge in [-0.15, -0.1) is 0 Å². The molecule has 2 rings (SSSR count). The molecule has 2 aromatic rings. The molecule has 6 heteroatoms. The van der Waals surface area contributed by atoms with Crippen LogP contribution in [-0.4, -0.2) is 9.97 Å². The number of anilines is 1. The zero-order chi connectivity index (χ0) is 11.5. The van der Waals surface area contributed by atoms with Crippen molar-refractivity contribution in [2.45, 2.75) is 9.92 Å². The van der Waals surface area contributed by atoms with Gasteiger partial charge in [0.05, 0.1) is 11.9 Å². The number of nitrogens with zero attached hydrogens (tertiary/aromatic N) is 2. The Kier molecular flexibility index (Phi) is 3.00. The van der Waals surface area contributed by atoms with Crippen LogP contribution in [0.25, 0.3) is 0 Å². The first-order valence-corrected chi connectivity index (χ1v) is 5.17. The summed E-state index contributed by atoms with van der Waals surface area (Å²) in [5.74, 6) is -1.44. The van der Waals surface area contributed by atoms with Crippen LogP contribution in [0.3, 0.4) is 0 Å². The highest BCUT2D eigenvalue weighted by Crippen LogP contribution is 2.32. The van der Waals surface area contributed by atoms with Crippen LogP contribution in [0.15, 0.2) is 40.6 Å². The van der Waals surface area contributed by atoms with Crippen molar-refractivity contribution in [3.63, 3.8) is 0 Å². The van der Waals surface area contributed by atoms with Gasteiger partial charge in [0, 0.05) is 23.4 Å². The van der Waals surface area contributed by atoms with E-state index in [1.54, 1.807) is 0 Å². The molecule has 3 nitrogen and oxygen atoms in total. The number of hydrogen-bond donors (Lipinski definition) is 1. The van der Waals surface area contributed by atoms with E-state index < -0.39 is 11.6 Å². The highest BCUT2D eigenvalue weighted by molar-refractivity contribution is 7.99. The Labute approximate surface area is 94.7 Å². The molecule has 1 aromatic heterocycles. The average Bonchev–Trinajstić information content (AvgIpc) is 2.27. The maximum absolute atomic E-state index is 13.1. The van der Waals surface area contributed by atoms with Crippen molar-refractivity contribution in [2.24, 2.45) is 0 Å². The largest absolute Gasteiger partial charge is 0.395 e. The minimum absolute atomic E-state index is 0.0861. The maximum Gasteiger partial charge on any atom is 0.150 e. The number of halogens is 2. The Morgan fingerprint density at radius 2 is 2.00 bits per heavy atom. The lowest BCUT2D eigenvalue weighted by Crippen LogP contribution is -1.95. The quantitative estimate of drug-likeness (QED) is 0.818. The van der Waals surface area contributed by atoms with E-state index in [-0.39, 0.29) is 10.6 Å². The van der Waals surface area contributed by atoms with E-state index in [1.807, 2.05) is 0 Å². The predicted octanol–water partition coefficient (Wildman–Crippen LogP) is 2.49. The third-order valence-electron chi connectivity index (χ3n) is 1.81. The van der Waals surface area contributed by atoms with Gasteiger partial charge in [-0.3, -0.25) is 4.98 Å². The highest BCUT2D eigenvalue weighted by Gasteiger charge is 2.10. The fourth-order valence-corrected chi connectivity index (χ4v) is 1.93. The monoisotopic (exact) mass is 239 g/mol. The fraction of sp³-hybridized carbons (Fsp3) is 0. The molecule has 0 aliphatic heterocycles. The van der Waals surface area contributed by atoms with Crippen molar-refractivity contribution in [2.75, 3.05) is 5.73 Å². The van der Waals surface area contributed by atoms with Gasteiger partial charge in [0.25, 0.3) is 0 Å². The molecule has 0 unspecified atom stereocenters. The van der Waals surface area contributed by atoms with E-state index in [9.17, 15) is 8.78 Å². The SMILES string of the molecule is Nc1c(F)cc(F)cc1Sc1cnccn1. The second-order valence-electron chi connectivity index (χ2n) is 2.95. The summed E-state index contributed by atoms with van der Waals surface area (Å²) in [7, 11) is 0. The molecule has 0 fully saturated rings. The summed E-state index contributed by atoms with van der Waals surface area (Å²) in [6.45, 7) is 0. The number of benzene rings is 1. The summed E-state index contributed by atoms with van der Waals surface area (Å²) in [5, 5.41) is 0.527. The van der Waals surface area contributed by atoms with E-state index in [1.165, 1.54) is 18.6 Å². The van der Waals surface area contributed by atoms with Crippen LogP contribution < -0.4 is 5.73 Å². The molecule has 0 amide bonds. The van der Waals surface area contributed by atoms with Gasteiger partial charge in [-0.25, -0.2) is 13.8 Å². The van der Waals surface area contributed by atoms with Crippen molar-refractivity contribution in [3.05, 3.63) is 42.4 Å². The van der Waals surface area contributed by atoms with Crippen molar-refractivity contribution < 1.29 is 8.78 Å². The normalized spacial score (nSPS) is 10.4. The first-order valence-electron chi connectivity index (χ1n) is 4.35. The molecule has 0 spiro atoms. The molecule has 1 heterocycles. The molecule has 0 saturated heterocycles. The molecule has 82 valence electrons. The van der Waals surface area contributed by atoms with Crippen LogP contribution in [-0.2, 0) is 0 Å². The highest BCUT2D eigenvalue weighted by atomic mass is 32.2. The lowest BCUT2D eigenvalue weighted by molar-refractivity contribution is 0.581. The van der Waals surface area contributed by atoms with Gasteiger partial charge in [0.1, 0.15) is 16.7 Å². The van der Waals surface area contributed by atoms with Crippen molar-refractivity contribution in [1.82, 2.24) is 9.97 Å². The van der Waals surface area contributed by atoms with Gasteiger partial charge in [0.15, 0.2) is 0 Å². The maximum atomic E-state index is 13.1. The van der Waals surface area contributed by atoms with E-state index in [4.69, 9.17) is 5.73 Å². The first kappa shape index (κ1) is 10.8. The molecule has 0 aliphatic carbocycles. The summed E-state index contributed by atoms with van der Waals surface area (Å²) >= 11 is 1.06. The van der Waals surface area contributed by atoms with Gasteiger partial charge >= 0.3 is 0 Å². The van der Waals surface area contributed by atoms with Gasteiger partial charge in [-0.2, -0.15) is 0 Å². The fourth-order valence-electron chi connectivity index (χ4n) is 1.10. The van der Waals surface area contributed by atoms with Crippen molar-refractivity contribution >= 4 is 17.4 Å². The number of hydrogen-bond acceptors (Lipinski definition) is 4. The molecular formula is C10H7F2N3S. The summed E-state index contributed by atoms with van der Waals surface area (Å²) in [5.41, 5.74) is 5.40. The van der Waals surface area contributed by atoms with Crippen LogP contribution in [0.4, 0.5) is 14.5 Å². The molecule has 16 heavy (non-hydrogen) atoms. The van der Waals surface area contributed by atoms with E-state index >= 15 is 0 Å². The molecule has 0 atom stereocenters. The molecule has 2 N–H and O–H groups in total. The van der Waals surface area contributed by atoms with Crippen molar-refractivity contribution in [3.8, 4) is 0 Å². The summed E-state index contributed by atoms with van der Waals surface area (Å²) < 4.78 is 26.1. The second kappa shape index (κ2) is 4.44. The first-order chi connectivity index (χ1) is 7.66. The molecule has 1 aromatic carbocycles. The lowest BCUT2D eigenvalue weighted by Gasteiger charge is -2.05. The average molecular weight is 239 g/mol. The minimum Gasteiger partial charge on any atom is -0.395 e. The molecular weight excluding hydrogens is 232 g/mol. The van der Waals surface area contributed by atoms with E-state index in [2.05, 4.69) is 9.97 Å². The second-order valence-corrected chi connectivity index (χ2v) is 4.01. The van der Waals surface area contributed by atoms with Crippen LogP contribution in [0.2, 0.25) is 0 Å². The van der Waals surface area contributed by atoms with Crippen LogP contribution in [0.1, 0.15) is 0 Å². The van der Waals surface area contributed by atoms with Crippen LogP contribution >= 0.6 is 11.8 Å². The van der Waals surface area contributed by atoms with Crippen LogP contribution in [0.5, 0.6) is 0 Å².